The number of halogens is 2. The predicted molar refractivity (Wildman–Crippen MR) is 145 cm³/mol. The second-order valence-electron chi connectivity index (χ2n) is 11.7. The number of likely N-dealkylation sites (N-methyl/N-ethyl adjacent to an activating group) is 1. The highest BCUT2D eigenvalue weighted by molar-refractivity contribution is 5.89. The van der Waals surface area contributed by atoms with Crippen LogP contribution in [0.25, 0.3) is 0 Å². The Bertz CT molecular complexity index is 1160. The van der Waals surface area contributed by atoms with E-state index >= 15 is 4.39 Å². The molecule has 1 aliphatic carbocycles. The first-order valence-corrected chi connectivity index (χ1v) is 14.2. The largest absolute Gasteiger partial charge is 0.493 e. The molecule has 1 atom stereocenters. The molecule has 0 N–H and O–H groups in total. The van der Waals surface area contributed by atoms with Crippen molar-refractivity contribution in [3.8, 4) is 5.75 Å². The van der Waals surface area contributed by atoms with Gasteiger partial charge in [-0.2, -0.15) is 0 Å². The van der Waals surface area contributed by atoms with Crippen molar-refractivity contribution < 1.29 is 23.1 Å². The molecule has 8 heteroatoms. The zero-order valence-electron chi connectivity index (χ0n) is 22.8. The van der Waals surface area contributed by atoms with Crippen LogP contribution in [0.5, 0.6) is 5.75 Å². The second-order valence-corrected chi connectivity index (χ2v) is 11.7. The van der Waals surface area contributed by atoms with E-state index in [1.807, 2.05) is 9.80 Å². The number of likely N-dealkylation sites (tertiary alicyclic amines) is 1. The summed E-state index contributed by atoms with van der Waals surface area (Å²) in [4.78, 5) is 33.8. The van der Waals surface area contributed by atoms with Crippen molar-refractivity contribution in [1.29, 1.82) is 0 Å². The number of carbonyl (C=O) groups is 2. The van der Waals surface area contributed by atoms with Crippen LogP contribution in [0.3, 0.4) is 0 Å². The fraction of sp³-hybridized carbons (Fsp3) is 0.548. The van der Waals surface area contributed by atoms with Gasteiger partial charge in [0.25, 0.3) is 0 Å². The highest BCUT2D eigenvalue weighted by atomic mass is 19.1. The smallest absolute Gasteiger partial charge is 0.233 e. The molecule has 0 radical (unpaired) electrons. The number of piperazine rings is 1. The molecule has 2 saturated heterocycles. The lowest BCUT2D eigenvalue weighted by Gasteiger charge is -2.46. The van der Waals surface area contributed by atoms with Gasteiger partial charge < -0.3 is 19.4 Å². The van der Waals surface area contributed by atoms with E-state index in [0.29, 0.717) is 50.3 Å². The van der Waals surface area contributed by atoms with Crippen molar-refractivity contribution >= 4 is 11.8 Å². The van der Waals surface area contributed by atoms with Crippen molar-refractivity contribution in [2.45, 2.75) is 50.4 Å². The highest BCUT2D eigenvalue weighted by Gasteiger charge is 2.49. The van der Waals surface area contributed by atoms with Gasteiger partial charge in [0.15, 0.2) is 0 Å². The van der Waals surface area contributed by atoms with Gasteiger partial charge in [-0.1, -0.05) is 31.0 Å². The molecule has 2 aliphatic heterocycles. The van der Waals surface area contributed by atoms with E-state index in [0.717, 1.165) is 38.8 Å². The Morgan fingerprint density at radius 2 is 1.54 bits per heavy atom. The Morgan fingerprint density at radius 3 is 2.23 bits per heavy atom. The van der Waals surface area contributed by atoms with Crippen molar-refractivity contribution in [2.24, 2.45) is 5.41 Å². The first-order valence-electron chi connectivity index (χ1n) is 14.2. The summed E-state index contributed by atoms with van der Waals surface area (Å²) < 4.78 is 34.7. The maximum absolute atomic E-state index is 15.0. The molecule has 0 bridgehead atoms. The van der Waals surface area contributed by atoms with E-state index in [9.17, 15) is 14.0 Å². The fourth-order valence-electron chi connectivity index (χ4n) is 6.68. The van der Waals surface area contributed by atoms with E-state index in [-0.39, 0.29) is 36.5 Å². The maximum Gasteiger partial charge on any atom is 0.233 e. The Hall–Kier alpha value is -3.00. The number of benzene rings is 2. The van der Waals surface area contributed by atoms with Crippen LogP contribution < -0.4 is 4.74 Å². The number of amides is 2. The standard InChI is InChI=1S/C31H39F2N3O3/c1-34-17-19-35(20-18-34)28(37)21-30(23-39-25-11-9-24(32)10-12-25)13-6-16-36(22-30)29(38)31(14-4-5-15-31)26-7-2-3-8-27(26)33/h2-3,7-12H,4-6,13-23H2,1H3. The molecule has 39 heavy (non-hydrogen) atoms. The van der Waals surface area contributed by atoms with E-state index in [2.05, 4.69) is 11.9 Å². The summed E-state index contributed by atoms with van der Waals surface area (Å²) in [5.74, 6) is -0.106. The molecule has 210 valence electrons. The van der Waals surface area contributed by atoms with Gasteiger partial charge >= 0.3 is 0 Å². The van der Waals surface area contributed by atoms with Crippen LogP contribution >= 0.6 is 0 Å². The van der Waals surface area contributed by atoms with E-state index < -0.39 is 10.8 Å². The Morgan fingerprint density at radius 1 is 0.846 bits per heavy atom. The molecule has 3 fully saturated rings. The van der Waals surface area contributed by atoms with Crippen molar-refractivity contribution in [3.63, 3.8) is 0 Å². The van der Waals surface area contributed by atoms with Crippen LogP contribution in [-0.4, -0.2) is 79.4 Å². The minimum atomic E-state index is -0.867. The molecule has 1 saturated carbocycles. The van der Waals surface area contributed by atoms with Gasteiger partial charge in [0.1, 0.15) is 17.4 Å². The zero-order valence-corrected chi connectivity index (χ0v) is 22.8. The molecular weight excluding hydrogens is 500 g/mol. The minimum absolute atomic E-state index is 0.0389. The Labute approximate surface area is 229 Å². The number of nitrogens with zero attached hydrogens (tertiary/aromatic N) is 3. The number of piperidine rings is 1. The fourth-order valence-corrected chi connectivity index (χ4v) is 6.68. The number of hydrogen-bond donors (Lipinski definition) is 0. The average molecular weight is 540 g/mol. The first-order chi connectivity index (χ1) is 18.8. The minimum Gasteiger partial charge on any atom is -0.493 e. The van der Waals surface area contributed by atoms with E-state index in [4.69, 9.17) is 4.74 Å². The summed E-state index contributed by atoms with van der Waals surface area (Å²) in [5.41, 5.74) is -0.967. The topological polar surface area (TPSA) is 53.1 Å². The van der Waals surface area contributed by atoms with Crippen LogP contribution in [0.4, 0.5) is 8.78 Å². The van der Waals surface area contributed by atoms with Crippen LogP contribution in [-0.2, 0) is 15.0 Å². The van der Waals surface area contributed by atoms with Gasteiger partial charge in [-0.15, -0.1) is 0 Å². The Balaban J connectivity index is 1.39. The number of carbonyl (C=O) groups excluding carboxylic acids is 2. The number of ether oxygens (including phenoxy) is 1. The van der Waals surface area contributed by atoms with E-state index in [1.54, 1.807) is 30.3 Å². The molecular formula is C31H39F2N3O3. The normalized spacial score (nSPS) is 23.6. The molecule has 1 unspecified atom stereocenters. The summed E-state index contributed by atoms with van der Waals surface area (Å²) >= 11 is 0. The lowest BCUT2D eigenvalue weighted by molar-refractivity contribution is -0.146. The molecule has 2 aromatic rings. The van der Waals surface area contributed by atoms with Gasteiger partial charge in [0, 0.05) is 56.7 Å². The third-order valence-electron chi connectivity index (χ3n) is 8.95. The van der Waals surface area contributed by atoms with Gasteiger partial charge in [-0.25, -0.2) is 8.78 Å². The van der Waals surface area contributed by atoms with Crippen molar-refractivity contribution in [2.75, 3.05) is 52.9 Å². The molecule has 2 heterocycles. The Kier molecular flexibility index (Phi) is 8.21. The lowest BCUT2D eigenvalue weighted by Crippen LogP contribution is -2.56. The maximum atomic E-state index is 15.0. The molecule has 5 rings (SSSR count). The monoisotopic (exact) mass is 539 g/mol. The van der Waals surface area contributed by atoms with Crippen molar-refractivity contribution in [1.82, 2.24) is 14.7 Å². The summed E-state index contributed by atoms with van der Waals surface area (Å²) in [5, 5.41) is 0. The predicted octanol–water partition coefficient (Wildman–Crippen LogP) is 4.63. The third-order valence-corrected chi connectivity index (χ3v) is 8.95. The molecule has 2 aromatic carbocycles. The van der Waals surface area contributed by atoms with Gasteiger partial charge in [-0.05, 0) is 63.1 Å². The van der Waals surface area contributed by atoms with Gasteiger partial charge in [-0.3, -0.25) is 9.59 Å². The van der Waals surface area contributed by atoms with E-state index in [1.165, 1.54) is 18.2 Å². The lowest BCUT2D eigenvalue weighted by atomic mass is 9.73. The van der Waals surface area contributed by atoms with Crippen LogP contribution in [0.2, 0.25) is 0 Å². The summed E-state index contributed by atoms with van der Waals surface area (Å²) in [7, 11) is 2.05. The zero-order chi connectivity index (χ0) is 27.5. The first kappa shape index (κ1) is 27.6. The number of rotatable bonds is 7. The second kappa shape index (κ2) is 11.6. The summed E-state index contributed by atoms with van der Waals surface area (Å²) in [6.07, 6.45) is 4.77. The highest BCUT2D eigenvalue weighted by Crippen LogP contribution is 2.45. The van der Waals surface area contributed by atoms with Crippen LogP contribution in [0.15, 0.2) is 48.5 Å². The third kappa shape index (κ3) is 5.96. The van der Waals surface area contributed by atoms with Crippen LogP contribution in [0, 0.1) is 17.0 Å². The summed E-state index contributed by atoms with van der Waals surface area (Å²) in [6.45, 7) is 4.24. The van der Waals surface area contributed by atoms with Crippen LogP contribution in [0.1, 0.15) is 50.5 Å². The molecule has 0 spiro atoms. The quantitative estimate of drug-likeness (QED) is 0.515. The van der Waals surface area contributed by atoms with Gasteiger partial charge in [0.05, 0.1) is 12.0 Å². The molecule has 2 amide bonds. The number of hydrogen-bond acceptors (Lipinski definition) is 4. The molecule has 0 aromatic heterocycles. The summed E-state index contributed by atoms with van der Waals surface area (Å²) in [6, 6.07) is 12.5. The SMILES string of the molecule is CN1CCN(C(=O)CC2(COc3ccc(F)cc3)CCCN(C(=O)C3(c4ccccc4F)CCCC3)C2)CC1. The molecule has 3 aliphatic rings. The van der Waals surface area contributed by atoms with Gasteiger partial charge in [0.2, 0.25) is 11.8 Å². The van der Waals surface area contributed by atoms with Crippen molar-refractivity contribution in [3.05, 3.63) is 65.7 Å². The average Bonchev–Trinajstić information content (AvgIpc) is 3.44. The molecule has 6 nitrogen and oxygen atoms in total.